The van der Waals surface area contributed by atoms with Crippen LogP contribution in [0, 0.1) is 5.92 Å². The number of aliphatic carboxylic acids is 1. The van der Waals surface area contributed by atoms with Gasteiger partial charge in [0.05, 0.1) is 6.42 Å². The Morgan fingerprint density at radius 2 is 1.63 bits per heavy atom. The summed E-state index contributed by atoms with van der Waals surface area (Å²) in [5.74, 6) is -0.0999. The highest BCUT2D eigenvalue weighted by molar-refractivity contribution is 5.76. The van der Waals surface area contributed by atoms with Crippen LogP contribution in [0.2, 0.25) is 0 Å². The Morgan fingerprint density at radius 3 is 2.11 bits per heavy atom. The monoisotopic (exact) mass is 268 g/mol. The Kier molecular flexibility index (Phi) is 4.66. The summed E-state index contributed by atoms with van der Waals surface area (Å²) in [4.78, 5) is 24.7. The number of carbonyl (C=O) groups is 2. The molecule has 0 aromatic heterocycles. The zero-order valence-electron chi connectivity index (χ0n) is 11.6. The van der Waals surface area contributed by atoms with E-state index in [9.17, 15) is 9.59 Å². The second-order valence-electron chi connectivity index (χ2n) is 5.93. The number of nitrogens with zero attached hydrogens (tertiary/aromatic N) is 1. The highest BCUT2D eigenvalue weighted by Gasteiger charge is 2.38. The number of carbonyl (C=O) groups excluding carboxylic acids is 1. The van der Waals surface area contributed by atoms with Crippen molar-refractivity contribution in [3.63, 3.8) is 0 Å². The zero-order chi connectivity index (χ0) is 13.8. The van der Waals surface area contributed by atoms with Gasteiger partial charge >= 0.3 is 12.0 Å². The van der Waals surface area contributed by atoms with Gasteiger partial charge in [0, 0.05) is 18.6 Å². The van der Waals surface area contributed by atoms with Crippen molar-refractivity contribution in [2.24, 2.45) is 5.92 Å². The number of rotatable bonds is 5. The molecule has 2 saturated carbocycles. The Morgan fingerprint density at radius 1 is 1.11 bits per heavy atom. The number of carboxylic acid groups (broad SMARTS) is 1. The van der Waals surface area contributed by atoms with Crippen molar-refractivity contribution in [1.29, 1.82) is 0 Å². The van der Waals surface area contributed by atoms with Gasteiger partial charge in [-0.25, -0.2) is 4.79 Å². The molecule has 2 aliphatic carbocycles. The van der Waals surface area contributed by atoms with Gasteiger partial charge in [-0.1, -0.05) is 6.92 Å². The lowest BCUT2D eigenvalue weighted by Gasteiger charge is -2.36. The Labute approximate surface area is 114 Å². The molecule has 19 heavy (non-hydrogen) atoms. The third-order valence-electron chi connectivity index (χ3n) is 4.17. The van der Waals surface area contributed by atoms with Crippen molar-refractivity contribution < 1.29 is 14.7 Å². The first-order valence-corrected chi connectivity index (χ1v) is 7.36. The summed E-state index contributed by atoms with van der Waals surface area (Å²) in [7, 11) is 0. The van der Waals surface area contributed by atoms with E-state index in [2.05, 4.69) is 12.2 Å². The molecule has 0 unspecified atom stereocenters. The summed E-state index contributed by atoms with van der Waals surface area (Å²) in [6.45, 7) is 2.49. The summed E-state index contributed by atoms with van der Waals surface area (Å²) in [5.41, 5.74) is 0. The van der Waals surface area contributed by atoms with Crippen LogP contribution in [-0.4, -0.2) is 40.6 Å². The van der Waals surface area contributed by atoms with Crippen molar-refractivity contribution in [2.75, 3.05) is 6.54 Å². The fourth-order valence-corrected chi connectivity index (χ4v) is 2.87. The summed E-state index contributed by atoms with van der Waals surface area (Å²) in [6.07, 6.45) is 6.74. The molecule has 5 nitrogen and oxygen atoms in total. The molecule has 108 valence electrons. The van der Waals surface area contributed by atoms with Crippen LogP contribution < -0.4 is 5.32 Å². The number of hydrogen-bond donors (Lipinski definition) is 2. The number of amides is 2. The fraction of sp³-hybridized carbons (Fsp3) is 0.857. The van der Waals surface area contributed by atoms with Gasteiger partial charge in [0.25, 0.3) is 0 Å². The molecule has 0 saturated heterocycles. The van der Waals surface area contributed by atoms with Crippen LogP contribution in [0.3, 0.4) is 0 Å². The summed E-state index contributed by atoms with van der Waals surface area (Å²) < 4.78 is 0. The molecule has 0 spiro atoms. The second-order valence-corrected chi connectivity index (χ2v) is 5.93. The fourth-order valence-electron chi connectivity index (χ4n) is 2.87. The topological polar surface area (TPSA) is 69.6 Å². The maximum atomic E-state index is 12.2. The first kappa shape index (κ1) is 14.2. The lowest BCUT2D eigenvalue weighted by molar-refractivity contribution is -0.136. The second kappa shape index (κ2) is 6.26. The maximum Gasteiger partial charge on any atom is 0.317 e. The molecule has 0 aromatic carbocycles. The first-order valence-electron chi connectivity index (χ1n) is 7.36. The lowest BCUT2D eigenvalue weighted by Crippen LogP contribution is -2.49. The number of carboxylic acids is 1. The molecular formula is C14H24N2O3. The Bertz CT molecular complexity index is 334. The Hall–Kier alpha value is -1.26. The highest BCUT2D eigenvalue weighted by atomic mass is 16.4. The van der Waals surface area contributed by atoms with Gasteiger partial charge in [-0.05, 0) is 44.4 Å². The van der Waals surface area contributed by atoms with E-state index in [4.69, 9.17) is 5.11 Å². The number of hydrogen-bond acceptors (Lipinski definition) is 2. The SMILES string of the molecule is CC1CCC(N(C(=O)NCCC(=O)O)C2CC2)CC1. The smallest absolute Gasteiger partial charge is 0.317 e. The lowest BCUT2D eigenvalue weighted by atomic mass is 9.86. The van der Waals surface area contributed by atoms with E-state index in [0.29, 0.717) is 12.1 Å². The van der Waals surface area contributed by atoms with E-state index in [1.54, 1.807) is 0 Å². The summed E-state index contributed by atoms with van der Waals surface area (Å²) in [5, 5.41) is 11.3. The van der Waals surface area contributed by atoms with Crippen LogP contribution in [0.4, 0.5) is 4.79 Å². The third kappa shape index (κ3) is 4.11. The van der Waals surface area contributed by atoms with Crippen molar-refractivity contribution in [2.45, 2.75) is 64.0 Å². The van der Waals surface area contributed by atoms with Crippen LogP contribution in [-0.2, 0) is 4.79 Å². The van der Waals surface area contributed by atoms with Crippen molar-refractivity contribution in [1.82, 2.24) is 10.2 Å². The first-order chi connectivity index (χ1) is 9.08. The predicted octanol–water partition coefficient (Wildman–Crippen LogP) is 2.21. The standard InChI is InChI=1S/C14H24N2O3/c1-10-2-4-11(5-3-10)16(12-6-7-12)14(19)15-9-8-13(17)18/h10-12H,2-9H2,1H3,(H,15,19)(H,17,18). The van der Waals surface area contributed by atoms with Crippen molar-refractivity contribution in [3.8, 4) is 0 Å². The largest absolute Gasteiger partial charge is 0.481 e. The van der Waals surface area contributed by atoms with Crippen molar-refractivity contribution >= 4 is 12.0 Å². The van der Waals surface area contributed by atoms with Gasteiger partial charge in [-0.3, -0.25) is 4.79 Å². The minimum atomic E-state index is -0.871. The van der Waals surface area contributed by atoms with E-state index >= 15 is 0 Å². The van der Waals surface area contributed by atoms with E-state index < -0.39 is 5.97 Å². The van der Waals surface area contributed by atoms with Crippen LogP contribution in [0.5, 0.6) is 0 Å². The average molecular weight is 268 g/mol. The van der Waals surface area contributed by atoms with Gasteiger partial charge in [0.15, 0.2) is 0 Å². The molecule has 2 rings (SSSR count). The molecule has 0 radical (unpaired) electrons. The summed E-state index contributed by atoms with van der Waals surface area (Å²) in [6, 6.07) is 0.681. The average Bonchev–Trinajstić information content (AvgIpc) is 3.16. The molecule has 0 atom stereocenters. The number of urea groups is 1. The molecule has 0 bridgehead atoms. The van der Waals surface area contributed by atoms with E-state index in [-0.39, 0.29) is 19.0 Å². The molecule has 0 aliphatic heterocycles. The molecule has 2 amide bonds. The molecule has 2 N–H and O–H groups in total. The van der Waals surface area contributed by atoms with E-state index in [1.165, 1.54) is 12.8 Å². The molecule has 2 fully saturated rings. The van der Waals surface area contributed by atoms with Gasteiger partial charge in [-0.2, -0.15) is 0 Å². The third-order valence-corrected chi connectivity index (χ3v) is 4.17. The van der Waals surface area contributed by atoms with E-state index in [1.807, 2.05) is 4.90 Å². The minimum absolute atomic E-state index is 0.00799. The normalized spacial score (nSPS) is 26.8. The molecule has 0 aromatic rings. The quantitative estimate of drug-likeness (QED) is 0.803. The van der Waals surface area contributed by atoms with Crippen LogP contribution in [0.15, 0.2) is 0 Å². The molecule has 0 heterocycles. The van der Waals surface area contributed by atoms with Gasteiger partial charge < -0.3 is 15.3 Å². The van der Waals surface area contributed by atoms with Crippen LogP contribution in [0.1, 0.15) is 51.9 Å². The van der Waals surface area contributed by atoms with Crippen LogP contribution in [0.25, 0.3) is 0 Å². The highest BCUT2D eigenvalue weighted by Crippen LogP contribution is 2.35. The molecular weight excluding hydrogens is 244 g/mol. The Balaban J connectivity index is 1.85. The van der Waals surface area contributed by atoms with Gasteiger partial charge in [-0.15, -0.1) is 0 Å². The molecule has 2 aliphatic rings. The van der Waals surface area contributed by atoms with Crippen molar-refractivity contribution in [3.05, 3.63) is 0 Å². The van der Waals surface area contributed by atoms with Gasteiger partial charge in [0.1, 0.15) is 0 Å². The number of nitrogens with one attached hydrogen (secondary N) is 1. The maximum absolute atomic E-state index is 12.2. The minimum Gasteiger partial charge on any atom is -0.481 e. The summed E-state index contributed by atoms with van der Waals surface area (Å²) >= 11 is 0. The van der Waals surface area contributed by atoms with E-state index in [0.717, 1.165) is 31.6 Å². The van der Waals surface area contributed by atoms with Crippen LogP contribution >= 0.6 is 0 Å². The zero-order valence-corrected chi connectivity index (χ0v) is 11.6. The predicted molar refractivity (Wildman–Crippen MR) is 71.9 cm³/mol. The van der Waals surface area contributed by atoms with Gasteiger partial charge in [0.2, 0.25) is 0 Å². The molecule has 5 heteroatoms.